The lowest BCUT2D eigenvalue weighted by molar-refractivity contribution is -0.384. The van der Waals surface area contributed by atoms with Crippen LogP contribution in [-0.2, 0) is 0 Å². The lowest BCUT2D eigenvalue weighted by Gasteiger charge is -2.28. The van der Waals surface area contributed by atoms with Crippen LogP contribution < -0.4 is 5.32 Å². The van der Waals surface area contributed by atoms with Crippen molar-refractivity contribution in [2.24, 2.45) is 5.92 Å². The van der Waals surface area contributed by atoms with Gasteiger partial charge in [0.2, 0.25) is 0 Å². The molecule has 1 aliphatic carbocycles. The van der Waals surface area contributed by atoms with Gasteiger partial charge in [0.25, 0.3) is 5.69 Å². The smallest absolute Gasteiger partial charge is 0.288 e. The molecule has 1 fully saturated rings. The Bertz CT molecular complexity index is 451. The van der Waals surface area contributed by atoms with E-state index < -0.39 is 4.92 Å². The number of nitrogens with zero attached hydrogens (tertiary/aromatic N) is 1. The van der Waals surface area contributed by atoms with Gasteiger partial charge >= 0.3 is 0 Å². The van der Waals surface area contributed by atoms with Crippen LogP contribution in [0.2, 0.25) is 5.02 Å². The van der Waals surface area contributed by atoms with Gasteiger partial charge < -0.3 is 5.32 Å². The van der Waals surface area contributed by atoms with Gasteiger partial charge in [0.15, 0.2) is 0 Å². The van der Waals surface area contributed by atoms with E-state index in [2.05, 4.69) is 12.2 Å². The lowest BCUT2D eigenvalue weighted by Crippen LogP contribution is -2.26. The van der Waals surface area contributed by atoms with Crippen molar-refractivity contribution in [3.63, 3.8) is 0 Å². The van der Waals surface area contributed by atoms with Crippen molar-refractivity contribution in [3.8, 4) is 0 Å². The number of anilines is 1. The molecule has 2 atom stereocenters. The fourth-order valence-corrected chi connectivity index (χ4v) is 2.80. The van der Waals surface area contributed by atoms with Gasteiger partial charge in [-0.25, -0.2) is 0 Å². The van der Waals surface area contributed by atoms with E-state index in [-0.39, 0.29) is 10.7 Å². The summed E-state index contributed by atoms with van der Waals surface area (Å²) < 4.78 is 0. The van der Waals surface area contributed by atoms with Crippen molar-refractivity contribution in [1.29, 1.82) is 0 Å². The first-order valence-corrected chi connectivity index (χ1v) is 6.64. The molecule has 0 spiro atoms. The average molecular weight is 269 g/mol. The summed E-state index contributed by atoms with van der Waals surface area (Å²) in [6, 6.07) is 5.27. The van der Waals surface area contributed by atoms with Crippen molar-refractivity contribution in [2.75, 3.05) is 5.32 Å². The Morgan fingerprint density at radius 1 is 1.44 bits per heavy atom. The Labute approximate surface area is 111 Å². The Hall–Kier alpha value is -1.29. The predicted octanol–water partition coefficient (Wildman–Crippen LogP) is 4.24. The molecule has 0 saturated heterocycles. The summed E-state index contributed by atoms with van der Waals surface area (Å²) >= 11 is 5.89. The zero-order valence-corrected chi connectivity index (χ0v) is 11.1. The Morgan fingerprint density at radius 3 is 2.83 bits per heavy atom. The minimum absolute atomic E-state index is 0.0424. The molecule has 5 heteroatoms. The standard InChI is InChI=1S/C13H17ClN2O2/c1-9-3-2-4-10(7-9)15-11-5-6-13(16(17)18)12(14)8-11/h5-6,8-10,15H,2-4,7H2,1H3. The fourth-order valence-electron chi connectivity index (χ4n) is 2.55. The molecule has 1 aromatic rings. The Kier molecular flexibility index (Phi) is 4.07. The Balaban J connectivity index is 2.05. The SMILES string of the molecule is CC1CCCC(Nc2ccc([N+](=O)[O-])c(Cl)c2)C1. The molecule has 1 aromatic carbocycles. The summed E-state index contributed by atoms with van der Waals surface area (Å²) in [5.41, 5.74) is 0.823. The number of benzene rings is 1. The third kappa shape index (κ3) is 3.13. The first-order valence-electron chi connectivity index (χ1n) is 6.26. The van der Waals surface area contributed by atoms with Crippen molar-refractivity contribution >= 4 is 23.0 Å². The van der Waals surface area contributed by atoms with E-state index in [9.17, 15) is 10.1 Å². The summed E-state index contributed by atoms with van der Waals surface area (Å²) in [5.74, 6) is 0.741. The van der Waals surface area contributed by atoms with Crippen molar-refractivity contribution < 1.29 is 4.92 Å². The number of halogens is 1. The van der Waals surface area contributed by atoms with E-state index in [0.29, 0.717) is 6.04 Å². The van der Waals surface area contributed by atoms with E-state index in [1.807, 2.05) is 0 Å². The van der Waals surface area contributed by atoms with Crippen LogP contribution in [0.4, 0.5) is 11.4 Å². The molecule has 98 valence electrons. The molecule has 0 bridgehead atoms. The largest absolute Gasteiger partial charge is 0.382 e. The second kappa shape index (κ2) is 5.57. The molecular weight excluding hydrogens is 252 g/mol. The molecule has 0 aromatic heterocycles. The highest BCUT2D eigenvalue weighted by molar-refractivity contribution is 6.32. The first kappa shape index (κ1) is 13.1. The van der Waals surface area contributed by atoms with Gasteiger partial charge in [-0.3, -0.25) is 10.1 Å². The third-order valence-electron chi connectivity index (χ3n) is 3.45. The maximum absolute atomic E-state index is 10.7. The van der Waals surface area contributed by atoms with Gasteiger partial charge in [0.05, 0.1) is 4.92 Å². The number of hydrogen-bond donors (Lipinski definition) is 1. The maximum Gasteiger partial charge on any atom is 0.288 e. The maximum atomic E-state index is 10.7. The average Bonchev–Trinajstić information content (AvgIpc) is 2.28. The molecule has 0 amide bonds. The molecule has 2 rings (SSSR count). The summed E-state index contributed by atoms with van der Waals surface area (Å²) in [5, 5.41) is 14.3. The summed E-state index contributed by atoms with van der Waals surface area (Å²) in [6.45, 7) is 2.26. The molecule has 1 aliphatic rings. The zero-order valence-electron chi connectivity index (χ0n) is 10.4. The molecule has 0 heterocycles. The van der Waals surface area contributed by atoms with E-state index >= 15 is 0 Å². The summed E-state index contributed by atoms with van der Waals surface area (Å²) in [6.07, 6.45) is 4.83. The van der Waals surface area contributed by atoms with Crippen LogP contribution in [0.25, 0.3) is 0 Å². The fraction of sp³-hybridized carbons (Fsp3) is 0.538. The molecule has 2 unspecified atom stereocenters. The topological polar surface area (TPSA) is 55.2 Å². The minimum Gasteiger partial charge on any atom is -0.382 e. The van der Waals surface area contributed by atoms with Gasteiger partial charge in [0, 0.05) is 17.8 Å². The van der Waals surface area contributed by atoms with E-state index in [1.54, 1.807) is 12.1 Å². The normalized spacial score (nSPS) is 23.7. The van der Waals surface area contributed by atoms with Gasteiger partial charge in [-0.1, -0.05) is 31.4 Å². The van der Waals surface area contributed by atoms with E-state index in [0.717, 1.165) is 24.4 Å². The van der Waals surface area contributed by atoms with Crippen LogP contribution in [0.15, 0.2) is 18.2 Å². The molecular formula is C13H17ClN2O2. The van der Waals surface area contributed by atoms with E-state index in [1.165, 1.54) is 18.9 Å². The van der Waals surface area contributed by atoms with Crippen LogP contribution in [0, 0.1) is 16.0 Å². The monoisotopic (exact) mass is 268 g/mol. The predicted molar refractivity (Wildman–Crippen MR) is 73.1 cm³/mol. The second-order valence-electron chi connectivity index (χ2n) is 5.04. The molecule has 18 heavy (non-hydrogen) atoms. The molecule has 0 aliphatic heterocycles. The minimum atomic E-state index is -0.463. The number of nitrogens with one attached hydrogen (secondary N) is 1. The van der Waals surface area contributed by atoms with Crippen LogP contribution >= 0.6 is 11.6 Å². The number of nitro benzene ring substituents is 1. The summed E-state index contributed by atoms with van der Waals surface area (Å²) in [4.78, 5) is 10.2. The van der Waals surface area contributed by atoms with Gasteiger partial charge in [-0.15, -0.1) is 0 Å². The van der Waals surface area contributed by atoms with Gasteiger partial charge in [0.1, 0.15) is 5.02 Å². The van der Waals surface area contributed by atoms with Gasteiger partial charge in [-0.2, -0.15) is 0 Å². The van der Waals surface area contributed by atoms with Crippen LogP contribution in [0.5, 0.6) is 0 Å². The van der Waals surface area contributed by atoms with Crippen molar-refractivity contribution in [1.82, 2.24) is 0 Å². The Morgan fingerprint density at radius 2 is 2.22 bits per heavy atom. The lowest BCUT2D eigenvalue weighted by atomic mass is 9.87. The van der Waals surface area contributed by atoms with Crippen LogP contribution in [-0.4, -0.2) is 11.0 Å². The second-order valence-corrected chi connectivity index (χ2v) is 5.44. The highest BCUT2D eigenvalue weighted by Crippen LogP contribution is 2.30. The molecule has 0 radical (unpaired) electrons. The molecule has 4 nitrogen and oxygen atoms in total. The van der Waals surface area contributed by atoms with Crippen molar-refractivity contribution in [3.05, 3.63) is 33.3 Å². The van der Waals surface area contributed by atoms with Crippen LogP contribution in [0.3, 0.4) is 0 Å². The number of hydrogen-bond acceptors (Lipinski definition) is 3. The molecule has 1 N–H and O–H groups in total. The first-order chi connectivity index (χ1) is 8.56. The van der Waals surface area contributed by atoms with E-state index in [4.69, 9.17) is 11.6 Å². The van der Waals surface area contributed by atoms with Crippen LogP contribution in [0.1, 0.15) is 32.6 Å². The van der Waals surface area contributed by atoms with Gasteiger partial charge in [-0.05, 0) is 30.9 Å². The molecule has 1 saturated carbocycles. The highest BCUT2D eigenvalue weighted by atomic mass is 35.5. The number of nitro groups is 1. The highest BCUT2D eigenvalue weighted by Gasteiger charge is 2.19. The quantitative estimate of drug-likeness (QED) is 0.659. The third-order valence-corrected chi connectivity index (χ3v) is 3.75. The van der Waals surface area contributed by atoms with Crippen molar-refractivity contribution in [2.45, 2.75) is 38.6 Å². The summed E-state index contributed by atoms with van der Waals surface area (Å²) in [7, 11) is 0. The zero-order chi connectivity index (χ0) is 13.1. The number of rotatable bonds is 3.